The highest BCUT2D eigenvalue weighted by molar-refractivity contribution is 4.88. The number of hydrogen-bond acceptors (Lipinski definition) is 2. The molecule has 0 aromatic rings. The summed E-state index contributed by atoms with van der Waals surface area (Å²) in [4.78, 5) is 2.74. The molecule has 2 heteroatoms. The molecule has 0 aromatic heterocycles. The maximum absolute atomic E-state index is 5.54. The molecule has 2 atom stereocenters. The van der Waals surface area contributed by atoms with Gasteiger partial charge in [0, 0.05) is 12.6 Å². The molecule has 0 aromatic carbocycles. The van der Waals surface area contributed by atoms with Crippen LogP contribution in [0.2, 0.25) is 0 Å². The van der Waals surface area contributed by atoms with Crippen LogP contribution in [0.1, 0.15) is 58.8 Å². The first-order valence-corrected chi connectivity index (χ1v) is 7.87. The summed E-state index contributed by atoms with van der Waals surface area (Å²) in [5.41, 5.74) is 5.54. The quantitative estimate of drug-likeness (QED) is 0.702. The molecule has 0 spiro atoms. The zero-order chi connectivity index (χ0) is 13.2. The predicted octanol–water partition coefficient (Wildman–Crippen LogP) is 3.57. The minimum atomic E-state index is 0.678. The van der Waals surface area contributed by atoms with E-state index in [9.17, 15) is 0 Å². The molecule has 0 radical (unpaired) electrons. The number of likely N-dealkylation sites (tertiary alicyclic amines) is 1. The first kappa shape index (κ1) is 15.7. The number of nitrogens with zero attached hydrogens (tertiary/aromatic N) is 1. The van der Waals surface area contributed by atoms with Crippen molar-refractivity contribution in [3.8, 4) is 0 Å². The molecular formula is C16H32N2. The predicted molar refractivity (Wildman–Crippen MR) is 80.7 cm³/mol. The van der Waals surface area contributed by atoms with Gasteiger partial charge in [0.2, 0.25) is 0 Å². The SMILES string of the molecule is CCCCC(C/C=C\CN)N1CCC[C@H](C)CC1. The van der Waals surface area contributed by atoms with Crippen molar-refractivity contribution in [1.29, 1.82) is 0 Å². The van der Waals surface area contributed by atoms with Crippen LogP contribution in [0.3, 0.4) is 0 Å². The second-order valence-electron chi connectivity index (χ2n) is 5.81. The highest BCUT2D eigenvalue weighted by Gasteiger charge is 2.20. The Morgan fingerprint density at radius 1 is 1.28 bits per heavy atom. The van der Waals surface area contributed by atoms with Crippen molar-refractivity contribution < 1.29 is 0 Å². The van der Waals surface area contributed by atoms with Gasteiger partial charge in [-0.25, -0.2) is 0 Å². The Balaban J connectivity index is 2.47. The maximum Gasteiger partial charge on any atom is 0.0130 e. The van der Waals surface area contributed by atoms with E-state index in [1.807, 2.05) is 0 Å². The Bertz CT molecular complexity index is 225. The van der Waals surface area contributed by atoms with E-state index < -0.39 is 0 Å². The van der Waals surface area contributed by atoms with Crippen molar-refractivity contribution in [1.82, 2.24) is 4.90 Å². The molecule has 2 nitrogen and oxygen atoms in total. The summed E-state index contributed by atoms with van der Waals surface area (Å²) in [6.07, 6.45) is 13.8. The highest BCUT2D eigenvalue weighted by Crippen LogP contribution is 2.21. The van der Waals surface area contributed by atoms with Crippen LogP contribution in [0.25, 0.3) is 0 Å². The van der Waals surface area contributed by atoms with Crippen molar-refractivity contribution in [2.75, 3.05) is 19.6 Å². The Morgan fingerprint density at radius 3 is 2.83 bits per heavy atom. The van der Waals surface area contributed by atoms with Gasteiger partial charge in [-0.2, -0.15) is 0 Å². The van der Waals surface area contributed by atoms with Gasteiger partial charge in [-0.1, -0.05) is 38.8 Å². The minimum Gasteiger partial charge on any atom is -0.327 e. The van der Waals surface area contributed by atoms with Gasteiger partial charge in [0.1, 0.15) is 0 Å². The molecule has 1 fully saturated rings. The summed E-state index contributed by atoms with van der Waals surface area (Å²) in [7, 11) is 0. The molecule has 0 saturated carbocycles. The fourth-order valence-corrected chi connectivity index (χ4v) is 2.89. The summed E-state index contributed by atoms with van der Waals surface area (Å²) in [6, 6.07) is 0.748. The average Bonchev–Trinajstić information content (AvgIpc) is 2.59. The van der Waals surface area contributed by atoms with E-state index in [-0.39, 0.29) is 0 Å². The van der Waals surface area contributed by atoms with E-state index in [0.717, 1.165) is 12.0 Å². The van der Waals surface area contributed by atoms with Gasteiger partial charge in [0.15, 0.2) is 0 Å². The first-order valence-electron chi connectivity index (χ1n) is 7.87. The number of hydrogen-bond donors (Lipinski definition) is 1. The summed E-state index contributed by atoms with van der Waals surface area (Å²) < 4.78 is 0. The van der Waals surface area contributed by atoms with Crippen molar-refractivity contribution >= 4 is 0 Å². The molecular weight excluding hydrogens is 220 g/mol. The summed E-state index contributed by atoms with van der Waals surface area (Å²) in [6.45, 7) is 7.97. The average molecular weight is 252 g/mol. The fourth-order valence-electron chi connectivity index (χ4n) is 2.89. The third-order valence-corrected chi connectivity index (χ3v) is 4.17. The maximum atomic E-state index is 5.54. The van der Waals surface area contributed by atoms with Crippen LogP contribution < -0.4 is 5.73 Å². The molecule has 2 N–H and O–H groups in total. The van der Waals surface area contributed by atoms with Crippen LogP contribution in [0, 0.1) is 5.92 Å². The number of nitrogens with two attached hydrogens (primary N) is 1. The molecule has 1 heterocycles. The van der Waals surface area contributed by atoms with Crippen LogP contribution in [0.4, 0.5) is 0 Å². The summed E-state index contributed by atoms with van der Waals surface area (Å²) in [5.74, 6) is 0.918. The molecule has 106 valence electrons. The van der Waals surface area contributed by atoms with Gasteiger partial charge < -0.3 is 10.6 Å². The fraction of sp³-hybridized carbons (Fsp3) is 0.875. The molecule has 1 saturated heterocycles. The van der Waals surface area contributed by atoms with E-state index in [4.69, 9.17) is 5.73 Å². The van der Waals surface area contributed by atoms with E-state index in [1.54, 1.807) is 0 Å². The van der Waals surface area contributed by atoms with Crippen LogP contribution in [0.15, 0.2) is 12.2 Å². The third kappa shape index (κ3) is 6.01. The van der Waals surface area contributed by atoms with Crippen molar-refractivity contribution in [3.05, 3.63) is 12.2 Å². The molecule has 1 aliphatic rings. The highest BCUT2D eigenvalue weighted by atomic mass is 15.1. The standard InChI is InChI=1S/C16H32N2/c1-3-4-9-16(10-5-6-12-17)18-13-7-8-15(2)11-14-18/h5-6,15-16H,3-4,7-14,17H2,1-2H3/b6-5-/t15-,16?/m0/s1. The van der Waals surface area contributed by atoms with E-state index in [0.29, 0.717) is 6.54 Å². The van der Waals surface area contributed by atoms with Gasteiger partial charge in [-0.05, 0) is 51.1 Å². The second kappa shape index (κ2) is 9.57. The van der Waals surface area contributed by atoms with E-state index in [2.05, 4.69) is 30.9 Å². The number of rotatable bonds is 7. The van der Waals surface area contributed by atoms with E-state index in [1.165, 1.54) is 58.0 Å². The molecule has 1 rings (SSSR count). The Labute approximate surface area is 114 Å². The van der Waals surface area contributed by atoms with Crippen LogP contribution in [-0.4, -0.2) is 30.6 Å². The van der Waals surface area contributed by atoms with Crippen molar-refractivity contribution in [2.45, 2.75) is 64.8 Å². The lowest BCUT2D eigenvalue weighted by Crippen LogP contribution is -2.36. The zero-order valence-electron chi connectivity index (χ0n) is 12.4. The molecule has 0 amide bonds. The topological polar surface area (TPSA) is 29.3 Å². The summed E-state index contributed by atoms with van der Waals surface area (Å²) >= 11 is 0. The normalized spacial score (nSPS) is 24.3. The van der Waals surface area contributed by atoms with Crippen LogP contribution in [-0.2, 0) is 0 Å². The largest absolute Gasteiger partial charge is 0.327 e. The smallest absolute Gasteiger partial charge is 0.0130 e. The second-order valence-corrected chi connectivity index (χ2v) is 5.81. The van der Waals surface area contributed by atoms with Crippen LogP contribution in [0.5, 0.6) is 0 Å². The van der Waals surface area contributed by atoms with Gasteiger partial charge in [-0.3, -0.25) is 0 Å². The Kier molecular flexibility index (Phi) is 8.36. The van der Waals surface area contributed by atoms with Gasteiger partial charge in [-0.15, -0.1) is 0 Å². The lowest BCUT2D eigenvalue weighted by molar-refractivity contribution is 0.189. The first-order chi connectivity index (χ1) is 8.77. The van der Waals surface area contributed by atoms with E-state index >= 15 is 0 Å². The molecule has 18 heavy (non-hydrogen) atoms. The van der Waals surface area contributed by atoms with Crippen molar-refractivity contribution in [2.24, 2.45) is 11.7 Å². The lowest BCUT2D eigenvalue weighted by atomic mass is 10.0. The summed E-state index contributed by atoms with van der Waals surface area (Å²) in [5, 5.41) is 0. The van der Waals surface area contributed by atoms with Gasteiger partial charge in [0.05, 0.1) is 0 Å². The molecule has 1 aliphatic heterocycles. The molecule has 0 aliphatic carbocycles. The lowest BCUT2D eigenvalue weighted by Gasteiger charge is -2.30. The van der Waals surface area contributed by atoms with Gasteiger partial charge >= 0.3 is 0 Å². The zero-order valence-corrected chi connectivity index (χ0v) is 12.4. The van der Waals surface area contributed by atoms with Crippen LogP contribution >= 0.6 is 0 Å². The van der Waals surface area contributed by atoms with Gasteiger partial charge in [0.25, 0.3) is 0 Å². The van der Waals surface area contributed by atoms with Crippen molar-refractivity contribution in [3.63, 3.8) is 0 Å². The Hall–Kier alpha value is -0.340. The third-order valence-electron chi connectivity index (χ3n) is 4.17. The molecule has 1 unspecified atom stereocenters. The Morgan fingerprint density at radius 2 is 2.11 bits per heavy atom. The molecule has 0 bridgehead atoms. The number of unbranched alkanes of at least 4 members (excludes halogenated alkanes) is 1. The minimum absolute atomic E-state index is 0.678. The monoisotopic (exact) mass is 252 g/mol.